The fourth-order valence-corrected chi connectivity index (χ4v) is 2.35. The summed E-state index contributed by atoms with van der Waals surface area (Å²) in [5.74, 6) is 1.47. The van der Waals surface area contributed by atoms with Gasteiger partial charge in [0.15, 0.2) is 0 Å². The summed E-state index contributed by atoms with van der Waals surface area (Å²) in [6.07, 6.45) is 1.23. The van der Waals surface area contributed by atoms with Gasteiger partial charge < -0.3 is 15.0 Å². The van der Waals surface area contributed by atoms with Crippen LogP contribution in [0.4, 0.5) is 23.0 Å². The maximum Gasteiger partial charge on any atom is 0.287 e. The predicted octanol–water partition coefficient (Wildman–Crippen LogP) is 2.27. The molecule has 0 spiro atoms. The van der Waals surface area contributed by atoms with Gasteiger partial charge in [-0.2, -0.15) is 0 Å². The molecule has 8 nitrogen and oxygen atoms in total. The molecule has 1 saturated heterocycles. The number of pyridine rings is 2. The van der Waals surface area contributed by atoms with E-state index in [2.05, 4.69) is 20.2 Å². The predicted molar refractivity (Wildman–Crippen MR) is 86.2 cm³/mol. The van der Waals surface area contributed by atoms with Crippen LogP contribution in [0.25, 0.3) is 0 Å². The first-order valence-electron chi connectivity index (χ1n) is 7.31. The molecule has 0 atom stereocenters. The molecule has 0 aliphatic carbocycles. The van der Waals surface area contributed by atoms with Crippen LogP contribution in [0.3, 0.4) is 0 Å². The lowest BCUT2D eigenvalue weighted by molar-refractivity contribution is -0.385. The van der Waals surface area contributed by atoms with Gasteiger partial charge in [-0.25, -0.2) is 9.97 Å². The van der Waals surface area contributed by atoms with Crippen molar-refractivity contribution >= 4 is 23.0 Å². The Morgan fingerprint density at radius 3 is 2.65 bits per heavy atom. The van der Waals surface area contributed by atoms with Crippen molar-refractivity contribution in [3.8, 4) is 0 Å². The van der Waals surface area contributed by atoms with Crippen molar-refractivity contribution in [2.75, 3.05) is 36.5 Å². The first kappa shape index (κ1) is 15.2. The second kappa shape index (κ2) is 6.57. The Morgan fingerprint density at radius 2 is 2.04 bits per heavy atom. The van der Waals surface area contributed by atoms with Crippen molar-refractivity contribution in [2.24, 2.45) is 0 Å². The van der Waals surface area contributed by atoms with Crippen LogP contribution in [0.1, 0.15) is 5.69 Å². The van der Waals surface area contributed by atoms with Gasteiger partial charge in [0.2, 0.25) is 0 Å². The van der Waals surface area contributed by atoms with Crippen molar-refractivity contribution in [3.63, 3.8) is 0 Å². The molecular weight excluding hydrogens is 298 g/mol. The van der Waals surface area contributed by atoms with Crippen molar-refractivity contribution in [1.29, 1.82) is 0 Å². The lowest BCUT2D eigenvalue weighted by Crippen LogP contribution is -2.36. The van der Waals surface area contributed by atoms with Gasteiger partial charge in [0.1, 0.15) is 17.8 Å². The van der Waals surface area contributed by atoms with E-state index >= 15 is 0 Å². The van der Waals surface area contributed by atoms with E-state index in [1.165, 1.54) is 12.3 Å². The molecule has 8 heteroatoms. The number of ether oxygens (including phenoxy) is 1. The van der Waals surface area contributed by atoms with Gasteiger partial charge >= 0.3 is 0 Å². The number of nitrogens with one attached hydrogen (secondary N) is 1. The third kappa shape index (κ3) is 3.54. The summed E-state index contributed by atoms with van der Waals surface area (Å²) in [6.45, 7) is 5.02. The second-order valence-corrected chi connectivity index (χ2v) is 5.19. The molecule has 0 bridgehead atoms. The molecule has 1 fully saturated rings. The van der Waals surface area contributed by atoms with Gasteiger partial charge in [0.05, 0.1) is 29.5 Å². The van der Waals surface area contributed by atoms with Crippen LogP contribution in [0.5, 0.6) is 0 Å². The number of aromatic nitrogens is 2. The molecule has 0 radical (unpaired) electrons. The van der Waals surface area contributed by atoms with E-state index in [-0.39, 0.29) is 5.69 Å². The van der Waals surface area contributed by atoms with E-state index in [1.54, 1.807) is 6.07 Å². The Labute approximate surface area is 133 Å². The summed E-state index contributed by atoms with van der Waals surface area (Å²) in [4.78, 5) is 21.0. The first-order chi connectivity index (χ1) is 11.1. The minimum Gasteiger partial charge on any atom is -0.378 e. The molecule has 1 aliphatic heterocycles. The van der Waals surface area contributed by atoms with E-state index in [0.29, 0.717) is 19.0 Å². The zero-order chi connectivity index (χ0) is 16.2. The zero-order valence-electron chi connectivity index (χ0n) is 12.7. The van der Waals surface area contributed by atoms with E-state index in [0.717, 1.165) is 30.3 Å². The van der Waals surface area contributed by atoms with E-state index < -0.39 is 4.92 Å². The number of nitrogens with zero attached hydrogens (tertiary/aromatic N) is 4. The average molecular weight is 315 g/mol. The molecule has 0 unspecified atom stereocenters. The van der Waals surface area contributed by atoms with Crippen LogP contribution in [-0.4, -0.2) is 41.2 Å². The molecule has 0 amide bonds. The van der Waals surface area contributed by atoms with Crippen LogP contribution >= 0.6 is 0 Å². The quantitative estimate of drug-likeness (QED) is 0.683. The minimum absolute atomic E-state index is 0.0342. The maximum absolute atomic E-state index is 10.6. The van der Waals surface area contributed by atoms with Crippen molar-refractivity contribution in [3.05, 3.63) is 46.3 Å². The number of hydrogen-bond acceptors (Lipinski definition) is 7. The van der Waals surface area contributed by atoms with Crippen molar-refractivity contribution < 1.29 is 9.66 Å². The Balaban J connectivity index is 1.74. The molecule has 2 aromatic heterocycles. The Morgan fingerprint density at radius 1 is 1.26 bits per heavy atom. The molecule has 1 N–H and O–H groups in total. The molecule has 23 heavy (non-hydrogen) atoms. The highest BCUT2D eigenvalue weighted by Crippen LogP contribution is 2.23. The molecule has 3 heterocycles. The average Bonchev–Trinajstić information content (AvgIpc) is 2.58. The summed E-state index contributed by atoms with van der Waals surface area (Å²) in [5.41, 5.74) is 1.63. The Bertz CT molecular complexity index is 699. The molecule has 0 saturated carbocycles. The fraction of sp³-hybridized carbons (Fsp3) is 0.333. The van der Waals surface area contributed by atoms with Crippen LogP contribution in [-0.2, 0) is 4.74 Å². The third-order valence-electron chi connectivity index (χ3n) is 3.63. The number of rotatable bonds is 4. The number of aryl methyl sites for hydroxylation is 1. The maximum atomic E-state index is 10.6. The molecular formula is C15H17N5O3. The summed E-state index contributed by atoms with van der Waals surface area (Å²) in [6, 6.07) is 6.88. The third-order valence-corrected chi connectivity index (χ3v) is 3.63. The second-order valence-electron chi connectivity index (χ2n) is 5.19. The number of morpholine rings is 1. The van der Waals surface area contributed by atoms with Gasteiger partial charge in [0, 0.05) is 19.2 Å². The van der Waals surface area contributed by atoms with Crippen LogP contribution in [0.15, 0.2) is 30.5 Å². The Kier molecular flexibility index (Phi) is 4.33. The topological polar surface area (TPSA) is 93.4 Å². The van der Waals surface area contributed by atoms with E-state index in [4.69, 9.17) is 4.74 Å². The van der Waals surface area contributed by atoms with E-state index in [1.807, 2.05) is 19.1 Å². The van der Waals surface area contributed by atoms with Crippen LogP contribution in [0, 0.1) is 17.0 Å². The monoisotopic (exact) mass is 315 g/mol. The molecule has 0 aromatic carbocycles. The smallest absolute Gasteiger partial charge is 0.287 e. The highest BCUT2D eigenvalue weighted by molar-refractivity contribution is 5.61. The largest absolute Gasteiger partial charge is 0.378 e. The van der Waals surface area contributed by atoms with Gasteiger partial charge in [-0.1, -0.05) is 0 Å². The SMILES string of the molecule is Cc1nc(N2CCOCC2)ccc1Nc1ccc([N+](=O)[O-])cn1. The van der Waals surface area contributed by atoms with Gasteiger partial charge in [0.25, 0.3) is 5.69 Å². The molecule has 1 aliphatic rings. The lowest BCUT2D eigenvalue weighted by Gasteiger charge is -2.28. The molecule has 2 aromatic rings. The van der Waals surface area contributed by atoms with Crippen molar-refractivity contribution in [1.82, 2.24) is 9.97 Å². The van der Waals surface area contributed by atoms with Crippen LogP contribution < -0.4 is 10.2 Å². The van der Waals surface area contributed by atoms with Gasteiger partial charge in [-0.15, -0.1) is 0 Å². The zero-order valence-corrected chi connectivity index (χ0v) is 12.7. The highest BCUT2D eigenvalue weighted by atomic mass is 16.6. The standard InChI is InChI=1S/C15H17N5O3/c1-11-13(18-14-4-2-12(10-16-14)20(21)22)3-5-15(17-11)19-6-8-23-9-7-19/h2-5,10H,6-9H2,1H3,(H,16,18). The van der Waals surface area contributed by atoms with E-state index in [9.17, 15) is 10.1 Å². The number of anilines is 3. The summed E-state index contributed by atoms with van der Waals surface area (Å²) < 4.78 is 5.34. The highest BCUT2D eigenvalue weighted by Gasteiger charge is 2.13. The van der Waals surface area contributed by atoms with Gasteiger partial charge in [-0.05, 0) is 25.1 Å². The summed E-state index contributed by atoms with van der Waals surface area (Å²) in [5, 5.41) is 13.8. The summed E-state index contributed by atoms with van der Waals surface area (Å²) >= 11 is 0. The Hall–Kier alpha value is -2.74. The van der Waals surface area contributed by atoms with Gasteiger partial charge in [-0.3, -0.25) is 10.1 Å². The lowest BCUT2D eigenvalue weighted by atomic mass is 10.2. The molecule has 120 valence electrons. The first-order valence-corrected chi connectivity index (χ1v) is 7.31. The number of nitro groups is 1. The van der Waals surface area contributed by atoms with Crippen molar-refractivity contribution in [2.45, 2.75) is 6.92 Å². The minimum atomic E-state index is -0.472. The normalized spacial score (nSPS) is 14.6. The number of hydrogen-bond donors (Lipinski definition) is 1. The van der Waals surface area contributed by atoms with Crippen LogP contribution in [0.2, 0.25) is 0 Å². The fourth-order valence-electron chi connectivity index (χ4n) is 2.35. The summed E-state index contributed by atoms with van der Waals surface area (Å²) in [7, 11) is 0. The molecule has 3 rings (SSSR count).